The molecule has 102 valence electrons. The molecule has 1 aliphatic rings. The van der Waals surface area contributed by atoms with E-state index in [1.54, 1.807) is 0 Å². The fraction of sp³-hybridized carbons (Fsp3) is 1.00. The van der Waals surface area contributed by atoms with Gasteiger partial charge in [-0.1, -0.05) is 20.8 Å². The molecule has 0 radical (unpaired) electrons. The molecule has 1 rings (SSSR count). The molecule has 17 heavy (non-hydrogen) atoms. The van der Waals surface area contributed by atoms with E-state index in [0.29, 0.717) is 0 Å². The predicted octanol–water partition coefficient (Wildman–Crippen LogP) is 3.28. The molecule has 0 aliphatic heterocycles. The molecule has 0 saturated heterocycles. The van der Waals surface area contributed by atoms with Gasteiger partial charge in [-0.05, 0) is 64.6 Å². The van der Waals surface area contributed by atoms with Gasteiger partial charge in [0.2, 0.25) is 0 Å². The molecular formula is C15H32N2. The van der Waals surface area contributed by atoms with Gasteiger partial charge in [0.25, 0.3) is 0 Å². The smallest absolute Gasteiger partial charge is 0.00992 e. The lowest BCUT2D eigenvalue weighted by atomic mass is 10.1. The Morgan fingerprint density at radius 1 is 1.12 bits per heavy atom. The van der Waals surface area contributed by atoms with Crippen molar-refractivity contribution in [2.75, 3.05) is 19.6 Å². The van der Waals surface area contributed by atoms with Gasteiger partial charge in [0, 0.05) is 12.1 Å². The molecule has 0 amide bonds. The van der Waals surface area contributed by atoms with Gasteiger partial charge < -0.3 is 5.32 Å². The van der Waals surface area contributed by atoms with Crippen molar-refractivity contribution in [1.29, 1.82) is 0 Å². The average Bonchev–Trinajstić information content (AvgIpc) is 3.08. The second-order valence-electron chi connectivity index (χ2n) is 6.04. The Bertz CT molecular complexity index is 187. The summed E-state index contributed by atoms with van der Waals surface area (Å²) in [5, 5.41) is 3.52. The van der Waals surface area contributed by atoms with E-state index in [1.165, 1.54) is 51.7 Å². The van der Waals surface area contributed by atoms with E-state index in [2.05, 4.69) is 37.9 Å². The average molecular weight is 240 g/mol. The Morgan fingerprint density at radius 3 is 2.35 bits per heavy atom. The number of nitrogens with zero attached hydrogens (tertiary/aromatic N) is 1. The highest BCUT2D eigenvalue weighted by Gasteiger charge is 2.31. The van der Waals surface area contributed by atoms with E-state index in [4.69, 9.17) is 0 Å². The lowest BCUT2D eigenvalue weighted by molar-refractivity contribution is 0.179. The second kappa shape index (κ2) is 8.10. The molecular weight excluding hydrogens is 208 g/mol. The molecule has 1 atom stereocenters. The summed E-state index contributed by atoms with van der Waals surface area (Å²) in [6.07, 6.45) is 6.77. The molecule has 0 bridgehead atoms. The van der Waals surface area contributed by atoms with Gasteiger partial charge in [-0.15, -0.1) is 0 Å². The SMILES string of the molecule is CCCNCCC(C)N(CCC(C)C)C1CC1. The second-order valence-corrected chi connectivity index (χ2v) is 6.04. The van der Waals surface area contributed by atoms with Gasteiger partial charge in [0.05, 0.1) is 0 Å². The summed E-state index contributed by atoms with van der Waals surface area (Å²) in [6.45, 7) is 13.0. The first-order valence-corrected chi connectivity index (χ1v) is 7.61. The number of hydrogen-bond acceptors (Lipinski definition) is 2. The maximum Gasteiger partial charge on any atom is 0.00992 e. The van der Waals surface area contributed by atoms with Crippen LogP contribution in [0.25, 0.3) is 0 Å². The van der Waals surface area contributed by atoms with Gasteiger partial charge in [-0.25, -0.2) is 0 Å². The maximum atomic E-state index is 3.52. The lowest BCUT2D eigenvalue weighted by Crippen LogP contribution is -2.38. The van der Waals surface area contributed by atoms with Gasteiger partial charge >= 0.3 is 0 Å². The third kappa shape index (κ3) is 6.42. The fourth-order valence-corrected chi connectivity index (χ4v) is 2.35. The van der Waals surface area contributed by atoms with Crippen LogP contribution in [-0.4, -0.2) is 36.6 Å². The van der Waals surface area contributed by atoms with Crippen molar-refractivity contribution in [2.24, 2.45) is 5.92 Å². The lowest BCUT2D eigenvalue weighted by Gasteiger charge is -2.30. The largest absolute Gasteiger partial charge is 0.317 e. The summed E-state index contributed by atoms with van der Waals surface area (Å²) in [5.74, 6) is 0.835. The van der Waals surface area contributed by atoms with Crippen LogP contribution in [0.15, 0.2) is 0 Å². The topological polar surface area (TPSA) is 15.3 Å². The zero-order chi connectivity index (χ0) is 12.7. The van der Waals surface area contributed by atoms with Gasteiger partial charge in [0.15, 0.2) is 0 Å². The van der Waals surface area contributed by atoms with Crippen molar-refractivity contribution in [2.45, 2.75) is 71.9 Å². The Balaban J connectivity index is 2.20. The van der Waals surface area contributed by atoms with E-state index in [0.717, 1.165) is 18.0 Å². The maximum absolute atomic E-state index is 3.52. The third-order valence-electron chi connectivity index (χ3n) is 3.71. The Hall–Kier alpha value is -0.0800. The van der Waals surface area contributed by atoms with Crippen molar-refractivity contribution < 1.29 is 0 Å². The summed E-state index contributed by atoms with van der Waals surface area (Å²) >= 11 is 0. The zero-order valence-electron chi connectivity index (χ0n) is 12.3. The molecule has 0 aromatic rings. The zero-order valence-corrected chi connectivity index (χ0v) is 12.3. The summed E-state index contributed by atoms with van der Waals surface area (Å²) in [7, 11) is 0. The summed E-state index contributed by atoms with van der Waals surface area (Å²) < 4.78 is 0. The summed E-state index contributed by atoms with van der Waals surface area (Å²) in [6, 6.07) is 1.67. The Labute approximate surface area is 108 Å². The molecule has 0 aromatic heterocycles. The van der Waals surface area contributed by atoms with Crippen molar-refractivity contribution in [3.63, 3.8) is 0 Å². The van der Waals surface area contributed by atoms with Crippen molar-refractivity contribution in [3.05, 3.63) is 0 Å². The van der Waals surface area contributed by atoms with Gasteiger partial charge in [0.1, 0.15) is 0 Å². The standard InChI is InChI=1S/C15H32N2/c1-5-10-16-11-8-14(4)17(15-6-7-15)12-9-13(2)3/h13-16H,5-12H2,1-4H3. The molecule has 1 unspecified atom stereocenters. The molecule has 0 spiro atoms. The number of nitrogens with one attached hydrogen (secondary N) is 1. The predicted molar refractivity (Wildman–Crippen MR) is 76.4 cm³/mol. The molecule has 1 fully saturated rings. The summed E-state index contributed by atoms with van der Waals surface area (Å²) in [4.78, 5) is 2.76. The van der Waals surface area contributed by atoms with Crippen LogP contribution in [0.5, 0.6) is 0 Å². The molecule has 1 saturated carbocycles. The third-order valence-corrected chi connectivity index (χ3v) is 3.71. The summed E-state index contributed by atoms with van der Waals surface area (Å²) in [5.41, 5.74) is 0. The van der Waals surface area contributed by atoms with Gasteiger partial charge in [-0.3, -0.25) is 4.90 Å². The first-order valence-electron chi connectivity index (χ1n) is 7.61. The van der Waals surface area contributed by atoms with Crippen molar-refractivity contribution >= 4 is 0 Å². The van der Waals surface area contributed by atoms with E-state index in [9.17, 15) is 0 Å². The molecule has 0 heterocycles. The van der Waals surface area contributed by atoms with E-state index in [-0.39, 0.29) is 0 Å². The van der Waals surface area contributed by atoms with Crippen LogP contribution in [0.1, 0.15) is 59.8 Å². The van der Waals surface area contributed by atoms with Crippen LogP contribution >= 0.6 is 0 Å². The first kappa shape index (κ1) is 15.0. The minimum Gasteiger partial charge on any atom is -0.317 e. The Morgan fingerprint density at radius 2 is 1.82 bits per heavy atom. The normalized spacial score (nSPS) is 18.0. The van der Waals surface area contributed by atoms with E-state index >= 15 is 0 Å². The monoisotopic (exact) mass is 240 g/mol. The van der Waals surface area contributed by atoms with Crippen LogP contribution in [0.4, 0.5) is 0 Å². The van der Waals surface area contributed by atoms with Crippen molar-refractivity contribution in [3.8, 4) is 0 Å². The van der Waals surface area contributed by atoms with Crippen LogP contribution in [0, 0.1) is 5.92 Å². The van der Waals surface area contributed by atoms with Crippen LogP contribution < -0.4 is 5.32 Å². The van der Waals surface area contributed by atoms with Crippen molar-refractivity contribution in [1.82, 2.24) is 10.2 Å². The number of hydrogen-bond donors (Lipinski definition) is 1. The fourth-order valence-electron chi connectivity index (χ4n) is 2.35. The highest BCUT2D eigenvalue weighted by Crippen LogP contribution is 2.29. The van der Waals surface area contributed by atoms with Crippen LogP contribution in [0.2, 0.25) is 0 Å². The molecule has 1 N–H and O–H groups in total. The molecule has 2 heteroatoms. The minimum absolute atomic E-state index is 0.755. The molecule has 0 aromatic carbocycles. The Kier molecular flexibility index (Phi) is 7.14. The highest BCUT2D eigenvalue weighted by molar-refractivity contribution is 4.87. The van der Waals surface area contributed by atoms with Gasteiger partial charge in [-0.2, -0.15) is 0 Å². The van der Waals surface area contributed by atoms with E-state index in [1.807, 2.05) is 0 Å². The van der Waals surface area contributed by atoms with E-state index < -0.39 is 0 Å². The molecule has 1 aliphatic carbocycles. The highest BCUT2D eigenvalue weighted by atomic mass is 15.2. The quantitative estimate of drug-likeness (QED) is 0.590. The minimum atomic E-state index is 0.755. The van der Waals surface area contributed by atoms with Crippen LogP contribution in [-0.2, 0) is 0 Å². The molecule has 2 nitrogen and oxygen atoms in total. The van der Waals surface area contributed by atoms with Crippen LogP contribution in [0.3, 0.4) is 0 Å². The first-order chi connectivity index (χ1) is 8.15. The number of rotatable bonds is 10.